The van der Waals surface area contributed by atoms with Crippen molar-refractivity contribution in [3.05, 3.63) is 0 Å². The minimum atomic E-state index is -0.00583. The molecule has 0 spiro atoms. The molecule has 2 rings (SSSR count). The zero-order chi connectivity index (χ0) is 7.14. The second-order valence-electron chi connectivity index (χ2n) is 3.68. The Morgan fingerprint density at radius 1 is 1.18 bits per heavy atom. The molecule has 2 fully saturated rings. The Balaban J connectivity index is 0.000000605. The van der Waals surface area contributed by atoms with Gasteiger partial charge in [-0.1, -0.05) is 0 Å². The van der Waals surface area contributed by atoms with E-state index in [4.69, 9.17) is 0 Å². The van der Waals surface area contributed by atoms with E-state index in [0.717, 1.165) is 12.8 Å². The number of aliphatic hydroxyl groups excluding tert-OH is 1. The molecule has 2 nitrogen and oxygen atoms in total. The van der Waals surface area contributed by atoms with Crippen molar-refractivity contribution in [3.8, 4) is 0 Å². The quantitative estimate of drug-likeness (QED) is 0.607. The second-order valence-corrected chi connectivity index (χ2v) is 3.68. The van der Waals surface area contributed by atoms with Crippen LogP contribution in [0, 0.1) is 0 Å². The van der Waals surface area contributed by atoms with Crippen molar-refractivity contribution in [2.75, 3.05) is 7.05 Å². The van der Waals surface area contributed by atoms with Gasteiger partial charge in [0.2, 0.25) is 0 Å². The fraction of sp³-hybridized carbons (Fsp3) is 1.00. The van der Waals surface area contributed by atoms with Crippen LogP contribution in [0.5, 0.6) is 0 Å². The first-order valence-corrected chi connectivity index (χ1v) is 4.17. The normalized spacial score (nSPS) is 43.6. The molecule has 2 aliphatic heterocycles. The van der Waals surface area contributed by atoms with Crippen LogP contribution < -0.4 is 0 Å². The van der Waals surface area contributed by atoms with Gasteiger partial charge in [-0.3, -0.25) is 0 Å². The van der Waals surface area contributed by atoms with Crippen LogP contribution in [0.25, 0.3) is 0 Å². The molecule has 1 radical (unpaired) electrons. The number of hydrogen-bond donors (Lipinski definition) is 1. The van der Waals surface area contributed by atoms with Gasteiger partial charge < -0.3 is 10.0 Å². The summed E-state index contributed by atoms with van der Waals surface area (Å²) in [4.78, 5) is 2.44. The van der Waals surface area contributed by atoms with Gasteiger partial charge in [0, 0.05) is 30.6 Å². The molecule has 2 unspecified atom stereocenters. The van der Waals surface area contributed by atoms with Gasteiger partial charge in [-0.05, 0) is 32.7 Å². The van der Waals surface area contributed by atoms with Gasteiger partial charge in [-0.2, -0.15) is 0 Å². The summed E-state index contributed by atoms with van der Waals surface area (Å²) >= 11 is 0. The Morgan fingerprint density at radius 2 is 1.64 bits per heavy atom. The molecule has 11 heavy (non-hydrogen) atoms. The van der Waals surface area contributed by atoms with E-state index < -0.39 is 0 Å². The van der Waals surface area contributed by atoms with Gasteiger partial charge in [0.05, 0.1) is 6.10 Å². The molecule has 0 amide bonds. The Kier molecular flexibility index (Phi) is 3.04. The summed E-state index contributed by atoms with van der Waals surface area (Å²) in [5.41, 5.74) is 0. The molecule has 2 saturated heterocycles. The Hall–Kier alpha value is 0.504. The van der Waals surface area contributed by atoms with Crippen LogP contribution in [-0.4, -0.2) is 35.2 Å². The van der Waals surface area contributed by atoms with Gasteiger partial charge >= 0.3 is 0 Å². The molecular formula is C8H15NOV. The smallest absolute Gasteiger partial charge is 0.0570 e. The third kappa shape index (κ3) is 1.64. The predicted molar refractivity (Wildman–Crippen MR) is 39.8 cm³/mol. The zero-order valence-corrected chi connectivity index (χ0v) is 8.30. The largest absolute Gasteiger partial charge is 0.393 e. The van der Waals surface area contributed by atoms with Gasteiger partial charge in [0.15, 0.2) is 0 Å². The maximum Gasteiger partial charge on any atom is 0.0570 e. The minimum Gasteiger partial charge on any atom is -0.393 e. The third-order valence-corrected chi connectivity index (χ3v) is 3.07. The first-order valence-electron chi connectivity index (χ1n) is 4.17. The maximum absolute atomic E-state index is 9.38. The molecule has 2 heterocycles. The number of piperidine rings is 1. The van der Waals surface area contributed by atoms with Crippen LogP contribution in [0.1, 0.15) is 25.7 Å². The van der Waals surface area contributed by atoms with E-state index in [2.05, 4.69) is 11.9 Å². The topological polar surface area (TPSA) is 23.5 Å². The second kappa shape index (κ2) is 3.48. The summed E-state index contributed by atoms with van der Waals surface area (Å²) in [7, 11) is 2.19. The zero-order valence-electron chi connectivity index (χ0n) is 6.90. The molecule has 63 valence electrons. The molecule has 2 aliphatic rings. The van der Waals surface area contributed by atoms with E-state index in [1.54, 1.807) is 0 Å². The Morgan fingerprint density at radius 3 is 2.09 bits per heavy atom. The van der Waals surface area contributed by atoms with Crippen LogP contribution in [0.15, 0.2) is 0 Å². The van der Waals surface area contributed by atoms with E-state index in [1.165, 1.54) is 12.8 Å². The van der Waals surface area contributed by atoms with Gasteiger partial charge in [0.1, 0.15) is 0 Å². The summed E-state index contributed by atoms with van der Waals surface area (Å²) in [5, 5.41) is 9.38. The summed E-state index contributed by atoms with van der Waals surface area (Å²) in [6.45, 7) is 0. The summed E-state index contributed by atoms with van der Waals surface area (Å²) < 4.78 is 0. The van der Waals surface area contributed by atoms with E-state index in [1.807, 2.05) is 0 Å². The van der Waals surface area contributed by atoms with E-state index >= 15 is 0 Å². The van der Waals surface area contributed by atoms with E-state index in [9.17, 15) is 5.11 Å². The number of hydrogen-bond acceptors (Lipinski definition) is 2. The first-order chi connectivity index (χ1) is 4.77. The number of nitrogens with zero attached hydrogens (tertiary/aromatic N) is 1. The maximum atomic E-state index is 9.38. The van der Waals surface area contributed by atoms with Crippen molar-refractivity contribution < 1.29 is 23.7 Å². The summed E-state index contributed by atoms with van der Waals surface area (Å²) in [6.07, 6.45) is 4.62. The van der Waals surface area contributed by atoms with Crippen molar-refractivity contribution >= 4 is 0 Å². The minimum absolute atomic E-state index is 0. The summed E-state index contributed by atoms with van der Waals surface area (Å²) in [6, 6.07) is 1.38. The van der Waals surface area contributed by atoms with Crippen LogP contribution >= 0.6 is 0 Å². The Labute approximate surface area is 79.8 Å². The monoisotopic (exact) mass is 192 g/mol. The number of fused-ring (bicyclic) bond motifs is 2. The van der Waals surface area contributed by atoms with Crippen molar-refractivity contribution in [1.82, 2.24) is 4.90 Å². The van der Waals surface area contributed by atoms with Gasteiger partial charge in [-0.15, -0.1) is 0 Å². The molecule has 0 aromatic carbocycles. The first kappa shape index (κ1) is 9.59. The Bertz CT molecular complexity index is 128. The standard InChI is InChI=1S/C8H15NO.V/c1-9-6-2-3-7(9)5-8(10)4-6;/h6-8,10H,2-5H2,1H3;. The average molecular weight is 192 g/mol. The van der Waals surface area contributed by atoms with Crippen molar-refractivity contribution in [1.29, 1.82) is 0 Å². The van der Waals surface area contributed by atoms with Gasteiger partial charge in [-0.25, -0.2) is 0 Å². The van der Waals surface area contributed by atoms with Crippen LogP contribution in [0.2, 0.25) is 0 Å². The number of aliphatic hydroxyl groups is 1. The van der Waals surface area contributed by atoms with E-state index in [-0.39, 0.29) is 24.7 Å². The predicted octanol–water partition coefficient (Wildman–Crippen LogP) is 0.601. The molecule has 1 N–H and O–H groups in total. The molecule has 0 aliphatic carbocycles. The molecule has 0 saturated carbocycles. The fourth-order valence-corrected chi connectivity index (χ4v) is 2.38. The molecular weight excluding hydrogens is 177 g/mol. The fourth-order valence-electron chi connectivity index (χ4n) is 2.38. The van der Waals surface area contributed by atoms with Crippen molar-refractivity contribution in [2.45, 2.75) is 43.9 Å². The molecule has 2 bridgehead atoms. The SMILES string of the molecule is CN1C2CCC1CC(O)C2.[V]. The van der Waals surface area contributed by atoms with Crippen molar-refractivity contribution in [3.63, 3.8) is 0 Å². The molecule has 2 atom stereocenters. The van der Waals surface area contributed by atoms with Gasteiger partial charge in [0.25, 0.3) is 0 Å². The average Bonchev–Trinajstić information content (AvgIpc) is 2.20. The van der Waals surface area contributed by atoms with E-state index in [0.29, 0.717) is 12.1 Å². The summed E-state index contributed by atoms with van der Waals surface area (Å²) in [5.74, 6) is 0. The molecule has 0 aromatic rings. The van der Waals surface area contributed by atoms with Crippen molar-refractivity contribution in [2.24, 2.45) is 0 Å². The van der Waals surface area contributed by atoms with Crippen LogP contribution in [0.3, 0.4) is 0 Å². The van der Waals surface area contributed by atoms with Crippen LogP contribution in [0.4, 0.5) is 0 Å². The van der Waals surface area contributed by atoms with Crippen LogP contribution in [-0.2, 0) is 18.6 Å². The molecule has 3 heteroatoms. The third-order valence-electron chi connectivity index (χ3n) is 3.07. The number of rotatable bonds is 0. The molecule has 0 aromatic heterocycles.